The molecule has 238 valence electrons. The molecule has 0 saturated heterocycles. The Morgan fingerprint density at radius 1 is 0.360 bits per heavy atom. The second kappa shape index (κ2) is 12.1. The number of benzene rings is 8. The summed E-state index contributed by atoms with van der Waals surface area (Å²) in [5.74, 6) is 0. The zero-order valence-electron chi connectivity index (χ0n) is 28.3. The molecule has 1 aliphatic rings. The molecule has 0 N–H and O–H groups in total. The van der Waals surface area contributed by atoms with Gasteiger partial charge in [-0.2, -0.15) is 0 Å². The van der Waals surface area contributed by atoms with Gasteiger partial charge in [0.2, 0.25) is 0 Å². The molecule has 0 atom stereocenters. The zero-order valence-corrected chi connectivity index (χ0v) is 28.3. The summed E-state index contributed by atoms with van der Waals surface area (Å²) in [6.45, 7) is 4.77. The predicted octanol–water partition coefficient (Wildman–Crippen LogP) is 13.6. The zero-order chi connectivity index (χ0) is 33.7. The quantitative estimate of drug-likeness (QED) is 0.175. The molecule has 1 aliphatic carbocycles. The molecule has 0 heterocycles. The number of fused-ring (bicyclic) bond motifs is 2. The molecule has 0 unspecified atom stereocenters. The highest BCUT2D eigenvalue weighted by Gasteiger charge is 2.35. The molecular formula is C49H37N. The fourth-order valence-electron chi connectivity index (χ4n) is 7.93. The van der Waals surface area contributed by atoms with Crippen LogP contribution in [0.15, 0.2) is 188 Å². The molecule has 0 amide bonds. The summed E-state index contributed by atoms with van der Waals surface area (Å²) in [6, 6.07) is 68.5. The molecule has 0 saturated carbocycles. The molecule has 8 aromatic rings. The highest BCUT2D eigenvalue weighted by molar-refractivity contribution is 6.09. The first-order chi connectivity index (χ1) is 24.6. The van der Waals surface area contributed by atoms with Crippen LogP contribution in [0.4, 0.5) is 17.1 Å². The lowest BCUT2D eigenvalue weighted by Gasteiger charge is -2.37. The Balaban J connectivity index is 1.25. The van der Waals surface area contributed by atoms with Crippen molar-refractivity contribution in [3.05, 3.63) is 199 Å². The van der Waals surface area contributed by atoms with Crippen LogP contribution in [0.3, 0.4) is 0 Å². The van der Waals surface area contributed by atoms with Gasteiger partial charge in [-0.15, -0.1) is 0 Å². The van der Waals surface area contributed by atoms with Crippen LogP contribution in [-0.4, -0.2) is 0 Å². The van der Waals surface area contributed by atoms with Gasteiger partial charge >= 0.3 is 0 Å². The van der Waals surface area contributed by atoms with Crippen molar-refractivity contribution in [2.24, 2.45) is 0 Å². The van der Waals surface area contributed by atoms with Crippen molar-refractivity contribution in [3.63, 3.8) is 0 Å². The van der Waals surface area contributed by atoms with Gasteiger partial charge in [-0.3, -0.25) is 0 Å². The topological polar surface area (TPSA) is 3.24 Å². The van der Waals surface area contributed by atoms with Gasteiger partial charge in [-0.1, -0.05) is 166 Å². The van der Waals surface area contributed by atoms with Crippen molar-refractivity contribution in [1.82, 2.24) is 0 Å². The van der Waals surface area contributed by atoms with Gasteiger partial charge in [0.05, 0.1) is 0 Å². The molecule has 0 aliphatic heterocycles. The third-order valence-corrected chi connectivity index (χ3v) is 10.5. The second-order valence-corrected chi connectivity index (χ2v) is 13.8. The smallest absolute Gasteiger partial charge is 0.0467 e. The van der Waals surface area contributed by atoms with Crippen molar-refractivity contribution in [3.8, 4) is 44.5 Å². The Morgan fingerprint density at radius 3 is 1.60 bits per heavy atom. The summed E-state index contributed by atoms with van der Waals surface area (Å²) >= 11 is 0. The second-order valence-electron chi connectivity index (χ2n) is 13.8. The van der Waals surface area contributed by atoms with E-state index in [-0.39, 0.29) is 5.41 Å². The molecule has 0 radical (unpaired) electrons. The van der Waals surface area contributed by atoms with Gasteiger partial charge in [0, 0.05) is 22.5 Å². The first-order valence-electron chi connectivity index (χ1n) is 17.4. The largest absolute Gasteiger partial charge is 0.310 e. The minimum absolute atomic E-state index is 0.206. The number of nitrogens with zero attached hydrogens (tertiary/aromatic N) is 1. The third kappa shape index (κ3) is 5.02. The highest BCUT2D eigenvalue weighted by atomic mass is 15.1. The van der Waals surface area contributed by atoms with E-state index in [9.17, 15) is 0 Å². The lowest BCUT2D eigenvalue weighted by Crippen LogP contribution is -2.24. The Hall–Kier alpha value is -6.18. The lowest BCUT2D eigenvalue weighted by molar-refractivity contribution is 0.645. The molecule has 0 fully saturated rings. The fraction of sp³-hybridized carbons (Fsp3) is 0.0612. The highest BCUT2D eigenvalue weighted by Crippen LogP contribution is 2.53. The molecule has 0 aromatic heterocycles. The summed E-state index contributed by atoms with van der Waals surface area (Å²) < 4.78 is 0. The molecule has 8 aromatic carbocycles. The van der Waals surface area contributed by atoms with Crippen molar-refractivity contribution in [2.75, 3.05) is 4.90 Å². The van der Waals surface area contributed by atoms with Crippen molar-refractivity contribution in [1.29, 1.82) is 0 Å². The Morgan fingerprint density at radius 2 is 0.900 bits per heavy atom. The van der Waals surface area contributed by atoms with Crippen LogP contribution >= 0.6 is 0 Å². The summed E-state index contributed by atoms with van der Waals surface area (Å²) in [6.07, 6.45) is 0. The van der Waals surface area contributed by atoms with Crippen LogP contribution in [0, 0.1) is 0 Å². The Kier molecular flexibility index (Phi) is 7.21. The van der Waals surface area contributed by atoms with Crippen LogP contribution in [0.2, 0.25) is 0 Å². The van der Waals surface area contributed by atoms with Gasteiger partial charge in [0.1, 0.15) is 0 Å². The minimum Gasteiger partial charge on any atom is -0.310 e. The summed E-state index contributed by atoms with van der Waals surface area (Å²) in [7, 11) is 0. The monoisotopic (exact) mass is 639 g/mol. The van der Waals surface area contributed by atoms with Crippen molar-refractivity contribution in [2.45, 2.75) is 19.3 Å². The maximum Gasteiger partial charge on any atom is 0.0467 e. The first kappa shape index (κ1) is 29.9. The number of hydrogen-bond donors (Lipinski definition) is 0. The van der Waals surface area contributed by atoms with Crippen LogP contribution in [-0.2, 0) is 5.41 Å². The maximum absolute atomic E-state index is 2.44. The van der Waals surface area contributed by atoms with Crippen LogP contribution in [0.25, 0.3) is 55.3 Å². The lowest BCUT2D eigenvalue weighted by atomic mass is 9.67. The van der Waals surface area contributed by atoms with Gasteiger partial charge in [-0.05, 0) is 103 Å². The molecule has 50 heavy (non-hydrogen) atoms. The van der Waals surface area contributed by atoms with Crippen LogP contribution in [0.5, 0.6) is 0 Å². The van der Waals surface area contributed by atoms with E-state index in [0.29, 0.717) is 0 Å². The van der Waals surface area contributed by atoms with E-state index >= 15 is 0 Å². The normalized spacial score (nSPS) is 12.8. The minimum atomic E-state index is -0.206. The van der Waals surface area contributed by atoms with E-state index in [4.69, 9.17) is 0 Å². The Bertz CT molecular complexity index is 2480. The maximum atomic E-state index is 2.44. The standard InChI is InChI=1S/C49H37N/c1-49(2)45-23-13-20-38-26-30-43(37-18-10-5-11-19-37)48(47(38)45)44-31-29-42(33-46(44)49)50(40-27-24-36(25-28-40)34-14-6-3-7-15-34)41-22-12-21-39(32-41)35-16-8-4-9-17-35/h3-33H,1-2H3. The van der Waals surface area contributed by atoms with E-state index in [2.05, 4.69) is 207 Å². The van der Waals surface area contributed by atoms with Gasteiger partial charge in [-0.25, -0.2) is 0 Å². The van der Waals surface area contributed by atoms with Gasteiger partial charge < -0.3 is 4.90 Å². The van der Waals surface area contributed by atoms with Crippen molar-refractivity contribution >= 4 is 27.8 Å². The third-order valence-electron chi connectivity index (χ3n) is 10.5. The molecule has 1 nitrogen and oxygen atoms in total. The van der Waals surface area contributed by atoms with Gasteiger partial charge in [0.15, 0.2) is 0 Å². The van der Waals surface area contributed by atoms with E-state index in [0.717, 1.165) is 17.1 Å². The fourth-order valence-corrected chi connectivity index (χ4v) is 7.93. The van der Waals surface area contributed by atoms with E-state index in [1.54, 1.807) is 0 Å². The number of rotatable bonds is 6. The number of anilines is 3. The van der Waals surface area contributed by atoms with Crippen LogP contribution in [0.1, 0.15) is 25.0 Å². The Labute approximate surface area is 294 Å². The first-order valence-corrected chi connectivity index (χ1v) is 17.4. The summed E-state index contributed by atoms with van der Waals surface area (Å²) in [5, 5.41) is 2.65. The molecule has 0 spiro atoms. The van der Waals surface area contributed by atoms with Crippen LogP contribution < -0.4 is 4.90 Å². The molecule has 0 bridgehead atoms. The average Bonchev–Trinajstić information content (AvgIpc) is 3.18. The molecular weight excluding hydrogens is 603 g/mol. The van der Waals surface area contributed by atoms with E-state index in [1.165, 1.54) is 66.4 Å². The van der Waals surface area contributed by atoms with Gasteiger partial charge in [0.25, 0.3) is 0 Å². The molecule has 1 heteroatoms. The summed E-state index contributed by atoms with van der Waals surface area (Å²) in [4.78, 5) is 2.41. The number of hydrogen-bond acceptors (Lipinski definition) is 1. The molecule has 9 rings (SSSR count). The van der Waals surface area contributed by atoms with E-state index in [1.807, 2.05) is 0 Å². The SMILES string of the molecule is CC1(C)c2cc(N(c3ccc(-c4ccccc4)cc3)c3cccc(-c4ccccc4)c3)ccc2-c2c(-c3ccccc3)ccc3cccc1c23. The summed E-state index contributed by atoms with van der Waals surface area (Å²) in [5.41, 5.74) is 15.9. The average molecular weight is 640 g/mol. The van der Waals surface area contributed by atoms with Crippen molar-refractivity contribution < 1.29 is 0 Å². The van der Waals surface area contributed by atoms with E-state index < -0.39 is 0 Å². The predicted molar refractivity (Wildman–Crippen MR) is 213 cm³/mol.